The molecule has 4 nitrogen and oxygen atoms in total. The minimum absolute atomic E-state index is 0.228. The molecular formula is C22H16N2O2. The molecule has 0 bridgehead atoms. The number of aromatic carboxylic acids is 1. The summed E-state index contributed by atoms with van der Waals surface area (Å²) in [5.74, 6) is 5.42. The third kappa shape index (κ3) is 2.66. The number of carbonyl (C=O) groups is 1. The van der Waals surface area contributed by atoms with Crippen LogP contribution in [0.4, 0.5) is 0 Å². The van der Waals surface area contributed by atoms with E-state index in [2.05, 4.69) is 22.5 Å². The molecular weight excluding hydrogens is 324 g/mol. The summed E-state index contributed by atoms with van der Waals surface area (Å²) in [6, 6.07) is 16.9. The van der Waals surface area contributed by atoms with Crippen molar-refractivity contribution in [1.82, 2.24) is 9.13 Å². The van der Waals surface area contributed by atoms with Gasteiger partial charge in [0.2, 0.25) is 0 Å². The first-order valence-electron chi connectivity index (χ1n) is 8.21. The van der Waals surface area contributed by atoms with Crippen LogP contribution in [0.2, 0.25) is 0 Å². The minimum atomic E-state index is -0.970. The highest BCUT2D eigenvalue weighted by molar-refractivity contribution is 5.93. The highest BCUT2D eigenvalue weighted by Crippen LogP contribution is 2.22. The van der Waals surface area contributed by atoms with E-state index in [0.717, 1.165) is 16.5 Å². The number of hydrogen-bond donors (Lipinski definition) is 1. The number of carboxylic acids is 1. The Hall–Kier alpha value is -3.71. The highest BCUT2D eigenvalue weighted by atomic mass is 16.4. The number of hydrogen-bond acceptors (Lipinski definition) is 1. The van der Waals surface area contributed by atoms with Crippen LogP contribution in [0.25, 0.3) is 16.6 Å². The van der Waals surface area contributed by atoms with Crippen molar-refractivity contribution in [2.24, 2.45) is 7.05 Å². The molecule has 0 spiro atoms. The summed E-state index contributed by atoms with van der Waals surface area (Å²) in [5, 5.41) is 10.6. The topological polar surface area (TPSA) is 47.2 Å². The van der Waals surface area contributed by atoms with E-state index in [1.165, 1.54) is 0 Å². The fourth-order valence-corrected chi connectivity index (χ4v) is 3.12. The molecule has 2 aromatic carbocycles. The number of nitrogens with zero attached hydrogens (tertiary/aromatic N) is 2. The van der Waals surface area contributed by atoms with Gasteiger partial charge in [-0.3, -0.25) is 0 Å². The van der Waals surface area contributed by atoms with Gasteiger partial charge in [0.15, 0.2) is 0 Å². The number of aromatic nitrogens is 2. The van der Waals surface area contributed by atoms with Crippen molar-refractivity contribution in [2.45, 2.75) is 0 Å². The second-order valence-electron chi connectivity index (χ2n) is 6.01. The van der Waals surface area contributed by atoms with Gasteiger partial charge in [-0.25, -0.2) is 4.79 Å². The Morgan fingerprint density at radius 3 is 2.35 bits per heavy atom. The fraction of sp³-hybridized carbons (Fsp3) is 0.0455. The molecule has 0 atom stereocenters. The lowest BCUT2D eigenvalue weighted by molar-refractivity contribution is 0.0697. The molecule has 26 heavy (non-hydrogen) atoms. The number of fused-ring (bicyclic) bond motifs is 1. The van der Waals surface area contributed by atoms with Crippen molar-refractivity contribution in [3.05, 3.63) is 89.9 Å². The zero-order valence-corrected chi connectivity index (χ0v) is 14.2. The summed E-state index contributed by atoms with van der Waals surface area (Å²) in [5.41, 5.74) is 3.52. The quantitative estimate of drug-likeness (QED) is 0.559. The zero-order valence-electron chi connectivity index (χ0n) is 14.2. The maximum atomic E-state index is 11.7. The van der Waals surface area contributed by atoms with E-state index in [-0.39, 0.29) is 5.56 Å². The van der Waals surface area contributed by atoms with E-state index in [0.29, 0.717) is 11.3 Å². The first-order valence-corrected chi connectivity index (χ1v) is 8.21. The van der Waals surface area contributed by atoms with Crippen LogP contribution in [0, 0.1) is 11.8 Å². The van der Waals surface area contributed by atoms with Crippen molar-refractivity contribution in [3.8, 4) is 17.5 Å². The highest BCUT2D eigenvalue weighted by Gasteiger charge is 2.14. The largest absolute Gasteiger partial charge is 0.478 e. The second-order valence-corrected chi connectivity index (χ2v) is 6.01. The van der Waals surface area contributed by atoms with Crippen LogP contribution in [-0.4, -0.2) is 20.2 Å². The Morgan fingerprint density at radius 2 is 1.58 bits per heavy atom. The fourth-order valence-electron chi connectivity index (χ4n) is 3.12. The van der Waals surface area contributed by atoms with Gasteiger partial charge in [0.05, 0.1) is 11.3 Å². The molecule has 1 N–H and O–H groups in total. The standard InChI is InChI=1S/C22H16N2O2/c1-23-15-12-18-16(6-5-9-20(18)23)10-11-17-7-4-8-19(22(25)26)21(17)24-13-2-3-14-24/h2-9,12-15H,1H3,(H,25,26). The van der Waals surface area contributed by atoms with Gasteiger partial charge in [-0.1, -0.05) is 24.0 Å². The smallest absolute Gasteiger partial charge is 0.337 e. The average molecular weight is 340 g/mol. The Balaban J connectivity index is 1.89. The molecule has 0 amide bonds. The molecule has 4 rings (SSSR count). The number of carboxylic acid groups (broad SMARTS) is 1. The number of benzene rings is 2. The summed E-state index contributed by atoms with van der Waals surface area (Å²) in [4.78, 5) is 11.7. The normalized spacial score (nSPS) is 10.5. The molecule has 0 saturated carbocycles. The van der Waals surface area contributed by atoms with Crippen molar-refractivity contribution in [2.75, 3.05) is 0 Å². The van der Waals surface area contributed by atoms with Gasteiger partial charge in [-0.2, -0.15) is 0 Å². The third-order valence-electron chi connectivity index (χ3n) is 4.39. The van der Waals surface area contributed by atoms with Crippen LogP contribution in [-0.2, 0) is 7.05 Å². The second kappa shape index (κ2) is 6.30. The summed E-state index contributed by atoms with van der Waals surface area (Å²) >= 11 is 0. The maximum absolute atomic E-state index is 11.7. The predicted octanol–water partition coefficient (Wildman–Crippen LogP) is 4.07. The molecule has 0 aliphatic heterocycles. The molecule has 126 valence electrons. The van der Waals surface area contributed by atoms with E-state index in [4.69, 9.17) is 0 Å². The Kier molecular flexibility index (Phi) is 3.83. The van der Waals surface area contributed by atoms with E-state index in [9.17, 15) is 9.90 Å². The van der Waals surface area contributed by atoms with E-state index < -0.39 is 5.97 Å². The summed E-state index contributed by atoms with van der Waals surface area (Å²) in [6.07, 6.45) is 5.65. The minimum Gasteiger partial charge on any atom is -0.478 e. The summed E-state index contributed by atoms with van der Waals surface area (Å²) < 4.78 is 3.84. The monoisotopic (exact) mass is 340 g/mol. The molecule has 0 fully saturated rings. The maximum Gasteiger partial charge on any atom is 0.337 e. The van der Waals surface area contributed by atoms with Crippen molar-refractivity contribution >= 4 is 16.9 Å². The van der Waals surface area contributed by atoms with Crippen molar-refractivity contribution in [1.29, 1.82) is 0 Å². The van der Waals surface area contributed by atoms with Gasteiger partial charge in [0.25, 0.3) is 0 Å². The average Bonchev–Trinajstić information content (AvgIpc) is 3.30. The van der Waals surface area contributed by atoms with E-state index in [1.807, 2.05) is 62.0 Å². The lowest BCUT2D eigenvalue weighted by Gasteiger charge is -2.10. The number of rotatable bonds is 2. The zero-order chi connectivity index (χ0) is 18.1. The molecule has 0 saturated heterocycles. The SMILES string of the molecule is Cn1ccc2c(C#Cc3cccc(C(=O)O)c3-n3cccc3)cccc21. The van der Waals surface area contributed by atoms with Crippen LogP contribution < -0.4 is 0 Å². The number of aryl methyl sites for hydroxylation is 1. The molecule has 0 aliphatic carbocycles. The third-order valence-corrected chi connectivity index (χ3v) is 4.39. The summed E-state index contributed by atoms with van der Waals surface area (Å²) in [6.45, 7) is 0. The van der Waals surface area contributed by atoms with Gasteiger partial charge >= 0.3 is 5.97 Å². The molecule has 2 heterocycles. The molecule has 0 aliphatic rings. The lowest BCUT2D eigenvalue weighted by atomic mass is 10.1. The molecule has 0 radical (unpaired) electrons. The van der Waals surface area contributed by atoms with Crippen LogP contribution in [0.5, 0.6) is 0 Å². The predicted molar refractivity (Wildman–Crippen MR) is 102 cm³/mol. The van der Waals surface area contributed by atoms with Crippen LogP contribution in [0.1, 0.15) is 21.5 Å². The van der Waals surface area contributed by atoms with E-state index >= 15 is 0 Å². The van der Waals surface area contributed by atoms with Crippen molar-refractivity contribution in [3.63, 3.8) is 0 Å². The first kappa shape index (κ1) is 15.8. The molecule has 4 aromatic rings. The van der Waals surface area contributed by atoms with Gasteiger partial charge in [-0.05, 0) is 42.5 Å². The van der Waals surface area contributed by atoms with Crippen LogP contribution in [0.15, 0.2) is 73.2 Å². The lowest BCUT2D eigenvalue weighted by Crippen LogP contribution is -2.06. The van der Waals surface area contributed by atoms with Gasteiger partial charge < -0.3 is 14.2 Å². The van der Waals surface area contributed by atoms with Gasteiger partial charge in [0, 0.05) is 47.7 Å². The Labute approximate surface area is 150 Å². The molecule has 2 aromatic heterocycles. The first-order chi connectivity index (χ1) is 12.6. The van der Waals surface area contributed by atoms with Crippen molar-refractivity contribution < 1.29 is 9.90 Å². The molecule has 0 unspecified atom stereocenters. The molecule has 4 heteroatoms. The van der Waals surface area contributed by atoms with Crippen LogP contribution >= 0.6 is 0 Å². The van der Waals surface area contributed by atoms with E-state index in [1.54, 1.807) is 16.7 Å². The summed E-state index contributed by atoms with van der Waals surface area (Å²) in [7, 11) is 2.00. The van der Waals surface area contributed by atoms with Crippen LogP contribution in [0.3, 0.4) is 0 Å². The Bertz CT molecular complexity index is 1170. The van der Waals surface area contributed by atoms with Gasteiger partial charge in [-0.15, -0.1) is 0 Å². The number of para-hydroxylation sites is 1. The Morgan fingerprint density at radius 1 is 0.885 bits per heavy atom. The van der Waals surface area contributed by atoms with Gasteiger partial charge in [0.1, 0.15) is 0 Å².